The molecule has 3 aromatic rings. The number of anilines is 1. The lowest BCUT2D eigenvalue weighted by molar-refractivity contribution is 0.511. The largest absolute Gasteiger partial charge is 0.419 e. The van der Waals surface area contributed by atoms with Gasteiger partial charge in [0.1, 0.15) is 10.6 Å². The zero-order valence-electron chi connectivity index (χ0n) is 16.1. The summed E-state index contributed by atoms with van der Waals surface area (Å²) in [6, 6.07) is 7.42. The predicted octanol–water partition coefficient (Wildman–Crippen LogP) is 4.17. The van der Waals surface area contributed by atoms with E-state index in [1.165, 1.54) is 0 Å². The summed E-state index contributed by atoms with van der Waals surface area (Å²) in [5.74, 6) is 1.10. The molecular weight excluding hydrogens is 364 g/mol. The number of benzene rings is 1. The Kier molecular flexibility index (Phi) is 5.10. The smallest absolute Gasteiger partial charge is 0.264 e. The Bertz CT molecular complexity index is 1060. The van der Waals surface area contributed by atoms with Crippen molar-refractivity contribution in [1.82, 2.24) is 15.2 Å². The number of sulfonamides is 1. The molecule has 144 valence electrons. The molecule has 0 bridgehead atoms. The summed E-state index contributed by atoms with van der Waals surface area (Å²) in [7, 11) is -3.77. The number of H-pyrrole nitrogens is 1. The highest BCUT2D eigenvalue weighted by molar-refractivity contribution is 7.92. The molecule has 0 spiro atoms. The Labute approximate surface area is 159 Å². The molecule has 0 fully saturated rings. The van der Waals surface area contributed by atoms with Crippen LogP contribution in [0.3, 0.4) is 0 Å². The van der Waals surface area contributed by atoms with Crippen LogP contribution in [0.5, 0.6) is 0 Å². The van der Waals surface area contributed by atoms with Crippen LogP contribution in [0.4, 0.5) is 5.69 Å². The van der Waals surface area contributed by atoms with Gasteiger partial charge in [-0.2, -0.15) is 0 Å². The first-order valence-electron chi connectivity index (χ1n) is 8.87. The topological polar surface area (TPSA) is 101 Å². The van der Waals surface area contributed by atoms with Gasteiger partial charge in [0, 0.05) is 23.4 Å². The van der Waals surface area contributed by atoms with E-state index < -0.39 is 10.0 Å². The van der Waals surface area contributed by atoms with E-state index in [0.717, 1.165) is 5.56 Å². The van der Waals surface area contributed by atoms with Gasteiger partial charge >= 0.3 is 0 Å². The lowest BCUT2D eigenvalue weighted by atomic mass is 10.0. The van der Waals surface area contributed by atoms with Gasteiger partial charge in [-0.15, -0.1) is 10.2 Å². The van der Waals surface area contributed by atoms with Crippen LogP contribution < -0.4 is 4.72 Å². The van der Waals surface area contributed by atoms with Gasteiger partial charge in [-0.05, 0) is 37.5 Å². The molecule has 0 aliphatic heterocycles. The molecule has 0 unspecified atom stereocenters. The van der Waals surface area contributed by atoms with Crippen LogP contribution in [0.1, 0.15) is 49.4 Å². The second kappa shape index (κ2) is 7.19. The van der Waals surface area contributed by atoms with Crippen molar-refractivity contribution in [2.45, 2.75) is 51.9 Å². The Morgan fingerprint density at radius 3 is 2.59 bits per heavy atom. The maximum atomic E-state index is 13.0. The van der Waals surface area contributed by atoms with E-state index in [2.05, 4.69) is 33.8 Å². The maximum Gasteiger partial charge on any atom is 0.264 e. The van der Waals surface area contributed by atoms with Crippen LogP contribution in [-0.2, 0) is 16.4 Å². The van der Waals surface area contributed by atoms with Crippen molar-refractivity contribution in [2.75, 3.05) is 4.72 Å². The summed E-state index contributed by atoms with van der Waals surface area (Å²) >= 11 is 0. The van der Waals surface area contributed by atoms with Crippen molar-refractivity contribution in [3.8, 4) is 11.6 Å². The molecule has 2 aromatic heterocycles. The first-order chi connectivity index (χ1) is 12.7. The quantitative estimate of drug-likeness (QED) is 0.660. The summed E-state index contributed by atoms with van der Waals surface area (Å²) in [6.07, 6.45) is 0.616. The first-order valence-corrected chi connectivity index (χ1v) is 10.4. The molecule has 0 aliphatic rings. The zero-order chi connectivity index (χ0) is 19.8. The highest BCUT2D eigenvalue weighted by Crippen LogP contribution is 2.31. The number of nitrogens with zero attached hydrogens (tertiary/aromatic N) is 2. The third-order valence-corrected chi connectivity index (χ3v) is 6.08. The van der Waals surface area contributed by atoms with Gasteiger partial charge in [0.15, 0.2) is 0 Å². The molecule has 0 amide bonds. The molecule has 8 heteroatoms. The van der Waals surface area contributed by atoms with E-state index in [-0.39, 0.29) is 10.8 Å². The predicted molar refractivity (Wildman–Crippen MR) is 104 cm³/mol. The van der Waals surface area contributed by atoms with Crippen LogP contribution in [0, 0.1) is 13.8 Å². The van der Waals surface area contributed by atoms with E-state index >= 15 is 0 Å². The molecule has 0 atom stereocenters. The fourth-order valence-electron chi connectivity index (χ4n) is 3.01. The lowest BCUT2D eigenvalue weighted by Gasteiger charge is -2.11. The second-order valence-electron chi connectivity index (χ2n) is 6.82. The standard InChI is InChI=1S/C19H24N4O3S/c1-6-16-21-22-19(26-16)17-12(4)18(13(5)20-17)27(24,25)23-15-9-7-8-14(10-15)11(2)3/h7-11,20,23H,6H2,1-5H3. The molecule has 0 radical (unpaired) electrons. The van der Waals surface area contributed by atoms with Crippen LogP contribution in [-0.4, -0.2) is 23.6 Å². The Morgan fingerprint density at radius 1 is 1.22 bits per heavy atom. The highest BCUT2D eigenvalue weighted by atomic mass is 32.2. The van der Waals surface area contributed by atoms with Gasteiger partial charge in [0.05, 0.1) is 0 Å². The summed E-state index contributed by atoms with van der Waals surface area (Å²) in [4.78, 5) is 3.27. The summed E-state index contributed by atoms with van der Waals surface area (Å²) in [5, 5.41) is 7.95. The van der Waals surface area contributed by atoms with Crippen molar-refractivity contribution >= 4 is 15.7 Å². The minimum atomic E-state index is -3.77. The number of hydrogen-bond acceptors (Lipinski definition) is 5. The summed E-state index contributed by atoms with van der Waals surface area (Å²) in [6.45, 7) is 9.49. The van der Waals surface area contributed by atoms with Gasteiger partial charge in [0.2, 0.25) is 5.89 Å². The fourth-order valence-corrected chi connectivity index (χ4v) is 4.51. The molecule has 2 N–H and O–H groups in total. The molecule has 1 aromatic carbocycles. The number of aromatic amines is 1. The minimum Gasteiger partial charge on any atom is -0.419 e. The average molecular weight is 388 g/mol. The maximum absolute atomic E-state index is 13.0. The van der Waals surface area contributed by atoms with Gasteiger partial charge in [-0.1, -0.05) is 32.9 Å². The summed E-state index contributed by atoms with van der Waals surface area (Å²) < 4.78 is 34.3. The third-order valence-electron chi connectivity index (χ3n) is 4.43. The molecule has 7 nitrogen and oxygen atoms in total. The van der Waals surface area contributed by atoms with E-state index in [1.807, 2.05) is 25.1 Å². The SMILES string of the molecule is CCc1nnc(-c2[nH]c(C)c(S(=O)(=O)Nc3cccc(C(C)C)c3)c2C)o1. The second-order valence-corrected chi connectivity index (χ2v) is 8.44. The number of rotatable bonds is 6. The van der Waals surface area contributed by atoms with E-state index in [9.17, 15) is 8.42 Å². The van der Waals surface area contributed by atoms with Gasteiger partial charge < -0.3 is 9.40 Å². The molecule has 0 aliphatic carbocycles. The lowest BCUT2D eigenvalue weighted by Crippen LogP contribution is -2.14. The van der Waals surface area contributed by atoms with E-state index in [0.29, 0.717) is 40.9 Å². The molecule has 0 saturated heterocycles. The molecule has 2 heterocycles. The van der Waals surface area contributed by atoms with Crippen molar-refractivity contribution in [3.05, 3.63) is 47.0 Å². The van der Waals surface area contributed by atoms with Crippen LogP contribution >= 0.6 is 0 Å². The van der Waals surface area contributed by atoms with Crippen molar-refractivity contribution < 1.29 is 12.8 Å². The normalized spacial score (nSPS) is 11.9. The molecule has 3 rings (SSSR count). The van der Waals surface area contributed by atoms with Crippen molar-refractivity contribution in [1.29, 1.82) is 0 Å². The molecular formula is C19H24N4O3S. The number of aryl methyl sites for hydroxylation is 2. The van der Waals surface area contributed by atoms with Crippen LogP contribution in [0.2, 0.25) is 0 Å². The van der Waals surface area contributed by atoms with Crippen molar-refractivity contribution in [2.24, 2.45) is 0 Å². The number of hydrogen-bond donors (Lipinski definition) is 2. The Balaban J connectivity index is 1.99. The Morgan fingerprint density at radius 2 is 1.96 bits per heavy atom. The average Bonchev–Trinajstić information content (AvgIpc) is 3.18. The van der Waals surface area contributed by atoms with Gasteiger partial charge in [-0.25, -0.2) is 8.42 Å². The number of nitrogens with one attached hydrogen (secondary N) is 2. The van der Waals surface area contributed by atoms with Crippen LogP contribution in [0.25, 0.3) is 11.6 Å². The summed E-state index contributed by atoms with van der Waals surface area (Å²) in [5.41, 5.74) is 3.19. The van der Waals surface area contributed by atoms with Gasteiger partial charge in [-0.3, -0.25) is 4.72 Å². The van der Waals surface area contributed by atoms with Gasteiger partial charge in [0.25, 0.3) is 15.9 Å². The fraction of sp³-hybridized carbons (Fsp3) is 0.368. The van der Waals surface area contributed by atoms with Crippen LogP contribution in [0.15, 0.2) is 33.6 Å². The highest BCUT2D eigenvalue weighted by Gasteiger charge is 2.26. The molecule has 27 heavy (non-hydrogen) atoms. The monoisotopic (exact) mass is 388 g/mol. The van der Waals surface area contributed by atoms with E-state index in [1.54, 1.807) is 19.9 Å². The van der Waals surface area contributed by atoms with Crippen molar-refractivity contribution in [3.63, 3.8) is 0 Å². The first kappa shape index (κ1) is 19.2. The Hall–Kier alpha value is -2.61. The van der Waals surface area contributed by atoms with E-state index in [4.69, 9.17) is 4.42 Å². The third kappa shape index (κ3) is 3.75. The number of aromatic nitrogens is 3. The minimum absolute atomic E-state index is 0.198. The zero-order valence-corrected chi connectivity index (χ0v) is 16.9. The molecule has 0 saturated carbocycles.